The van der Waals surface area contributed by atoms with Gasteiger partial charge in [-0.2, -0.15) is 5.10 Å². The van der Waals surface area contributed by atoms with Crippen molar-refractivity contribution in [2.45, 2.75) is 0 Å². The van der Waals surface area contributed by atoms with Gasteiger partial charge in [-0.15, -0.1) is 0 Å². The van der Waals surface area contributed by atoms with Crippen LogP contribution in [0.2, 0.25) is 0 Å². The summed E-state index contributed by atoms with van der Waals surface area (Å²) < 4.78 is 2.58. The number of hydrogen-bond donors (Lipinski definition) is 2. The average molecular weight is 328 g/mol. The van der Waals surface area contributed by atoms with Gasteiger partial charge >= 0.3 is 0 Å². The normalized spacial score (nSPS) is 10.3. The third-order valence-corrected chi connectivity index (χ3v) is 2.64. The summed E-state index contributed by atoms with van der Waals surface area (Å²) in [5, 5.41) is 4.12. The number of nitrogens with two attached hydrogens (primary N) is 2. The number of amides is 1. The van der Waals surface area contributed by atoms with E-state index in [0.717, 1.165) is 3.57 Å². The Labute approximate surface area is 106 Å². The van der Waals surface area contributed by atoms with E-state index in [9.17, 15) is 4.79 Å². The number of primary amides is 1. The molecule has 82 valence electrons. The van der Waals surface area contributed by atoms with Crippen LogP contribution in [0, 0.1) is 3.57 Å². The van der Waals surface area contributed by atoms with E-state index in [1.807, 2.05) is 0 Å². The van der Waals surface area contributed by atoms with E-state index >= 15 is 0 Å². The Morgan fingerprint density at radius 3 is 2.75 bits per heavy atom. The molecule has 0 spiro atoms. The maximum atomic E-state index is 11.3. The first-order chi connectivity index (χ1) is 7.58. The average Bonchev–Trinajstić information content (AvgIpc) is 2.64. The van der Waals surface area contributed by atoms with Crippen LogP contribution in [0.1, 0.15) is 10.4 Å². The predicted octanol–water partition coefficient (Wildman–Crippen LogP) is 1.16. The molecule has 1 heterocycles. The lowest BCUT2D eigenvalue weighted by molar-refractivity contribution is 0.1000. The summed E-state index contributed by atoms with van der Waals surface area (Å²) in [5.74, 6) is -0.521. The topological polar surface area (TPSA) is 86.9 Å². The summed E-state index contributed by atoms with van der Waals surface area (Å²) >= 11 is 2.14. The number of nitrogens with zero attached hydrogens (tertiary/aromatic N) is 2. The van der Waals surface area contributed by atoms with Gasteiger partial charge in [0.1, 0.15) is 0 Å². The highest BCUT2D eigenvalue weighted by Gasteiger charge is 2.11. The minimum Gasteiger partial charge on any atom is -0.399 e. The Morgan fingerprint density at radius 1 is 1.44 bits per heavy atom. The third-order valence-electron chi connectivity index (χ3n) is 2.08. The predicted molar refractivity (Wildman–Crippen MR) is 69.2 cm³/mol. The first-order valence-corrected chi connectivity index (χ1v) is 5.55. The molecule has 0 aliphatic rings. The molecule has 0 saturated carbocycles. The van der Waals surface area contributed by atoms with E-state index in [-0.39, 0.29) is 0 Å². The first kappa shape index (κ1) is 10.9. The quantitative estimate of drug-likeness (QED) is 0.641. The monoisotopic (exact) mass is 328 g/mol. The largest absolute Gasteiger partial charge is 0.399 e. The van der Waals surface area contributed by atoms with Gasteiger partial charge in [-0.05, 0) is 40.8 Å². The number of aromatic nitrogens is 2. The molecular formula is C10H9IN4O. The fraction of sp³-hybridized carbons (Fsp3) is 0. The van der Waals surface area contributed by atoms with Gasteiger partial charge in [0.05, 0.1) is 21.0 Å². The minimum atomic E-state index is -0.521. The number of hydrogen-bond acceptors (Lipinski definition) is 3. The highest BCUT2D eigenvalue weighted by atomic mass is 127. The summed E-state index contributed by atoms with van der Waals surface area (Å²) in [7, 11) is 0. The summed E-state index contributed by atoms with van der Waals surface area (Å²) in [6, 6.07) is 4.97. The van der Waals surface area contributed by atoms with E-state index in [1.54, 1.807) is 35.3 Å². The number of carbonyl (C=O) groups excluding carboxylic acids is 1. The van der Waals surface area contributed by atoms with E-state index in [4.69, 9.17) is 11.5 Å². The smallest absolute Gasteiger partial charge is 0.250 e. The Kier molecular flexibility index (Phi) is 2.82. The molecule has 2 rings (SSSR count). The number of benzene rings is 1. The molecule has 0 atom stereocenters. The Balaban J connectivity index is 2.60. The molecule has 0 fully saturated rings. The lowest BCUT2D eigenvalue weighted by atomic mass is 10.1. The van der Waals surface area contributed by atoms with Gasteiger partial charge in [0, 0.05) is 11.9 Å². The molecule has 0 bridgehead atoms. The number of rotatable bonds is 2. The minimum absolute atomic E-state index is 0.361. The molecular weight excluding hydrogens is 319 g/mol. The summed E-state index contributed by atoms with van der Waals surface area (Å²) in [5.41, 5.74) is 12.4. The van der Waals surface area contributed by atoms with E-state index in [0.29, 0.717) is 16.9 Å². The van der Waals surface area contributed by atoms with Crippen LogP contribution in [0.3, 0.4) is 0 Å². The summed E-state index contributed by atoms with van der Waals surface area (Å²) in [4.78, 5) is 11.3. The lowest BCUT2D eigenvalue weighted by Gasteiger charge is -2.07. The van der Waals surface area contributed by atoms with E-state index < -0.39 is 5.91 Å². The van der Waals surface area contributed by atoms with Gasteiger partial charge in [0.2, 0.25) is 0 Å². The van der Waals surface area contributed by atoms with E-state index in [2.05, 4.69) is 27.7 Å². The highest BCUT2D eigenvalue weighted by molar-refractivity contribution is 14.1. The molecule has 1 aromatic carbocycles. The fourth-order valence-corrected chi connectivity index (χ4v) is 1.77. The number of halogens is 1. The van der Waals surface area contributed by atoms with Gasteiger partial charge in [-0.3, -0.25) is 4.79 Å². The Bertz CT molecular complexity index is 550. The standard InChI is InChI=1S/C10H9IN4O/c11-6-4-14-15(5-6)9-2-1-7(12)3-8(9)10(13)16/h1-5H,12H2,(H2,13,16). The molecule has 4 N–H and O–H groups in total. The van der Waals surface area contributed by atoms with Crippen molar-refractivity contribution in [3.8, 4) is 5.69 Å². The van der Waals surface area contributed by atoms with Crippen molar-refractivity contribution >= 4 is 34.2 Å². The van der Waals surface area contributed by atoms with Gasteiger partial charge in [-0.25, -0.2) is 4.68 Å². The van der Waals surface area contributed by atoms with Crippen LogP contribution >= 0.6 is 22.6 Å². The third kappa shape index (κ3) is 2.01. The van der Waals surface area contributed by atoms with Crippen molar-refractivity contribution in [3.05, 3.63) is 39.7 Å². The van der Waals surface area contributed by atoms with Crippen LogP contribution in [0.25, 0.3) is 5.69 Å². The Hall–Kier alpha value is -1.57. The van der Waals surface area contributed by atoms with Crippen LogP contribution in [0.15, 0.2) is 30.6 Å². The van der Waals surface area contributed by atoms with Crippen LogP contribution in [-0.2, 0) is 0 Å². The molecule has 0 radical (unpaired) electrons. The zero-order valence-electron chi connectivity index (χ0n) is 8.22. The van der Waals surface area contributed by atoms with Crippen molar-refractivity contribution < 1.29 is 4.79 Å². The summed E-state index contributed by atoms with van der Waals surface area (Å²) in [6.07, 6.45) is 3.50. The van der Waals surface area contributed by atoms with Crippen LogP contribution in [-0.4, -0.2) is 15.7 Å². The number of nitrogen functional groups attached to an aromatic ring is 1. The SMILES string of the molecule is NC(=O)c1cc(N)ccc1-n1cc(I)cn1. The second kappa shape index (κ2) is 4.12. The second-order valence-corrected chi connectivity index (χ2v) is 4.49. The number of anilines is 1. The molecule has 1 amide bonds. The van der Waals surface area contributed by atoms with Crippen LogP contribution in [0.4, 0.5) is 5.69 Å². The lowest BCUT2D eigenvalue weighted by Crippen LogP contribution is -2.15. The molecule has 0 unspecified atom stereocenters. The molecule has 16 heavy (non-hydrogen) atoms. The van der Waals surface area contributed by atoms with Crippen LogP contribution < -0.4 is 11.5 Å². The van der Waals surface area contributed by atoms with Crippen molar-refractivity contribution in [1.82, 2.24) is 9.78 Å². The zero-order chi connectivity index (χ0) is 11.7. The maximum Gasteiger partial charge on any atom is 0.250 e. The van der Waals surface area contributed by atoms with Gasteiger partial charge in [-0.1, -0.05) is 0 Å². The molecule has 0 saturated heterocycles. The summed E-state index contributed by atoms with van der Waals surface area (Å²) in [6.45, 7) is 0. The molecule has 0 aliphatic heterocycles. The van der Waals surface area contributed by atoms with Gasteiger partial charge < -0.3 is 11.5 Å². The Morgan fingerprint density at radius 2 is 2.19 bits per heavy atom. The van der Waals surface area contributed by atoms with Crippen molar-refractivity contribution in [2.24, 2.45) is 5.73 Å². The highest BCUT2D eigenvalue weighted by Crippen LogP contribution is 2.18. The fourth-order valence-electron chi connectivity index (χ4n) is 1.38. The van der Waals surface area contributed by atoms with E-state index in [1.165, 1.54) is 0 Å². The van der Waals surface area contributed by atoms with Crippen molar-refractivity contribution in [3.63, 3.8) is 0 Å². The van der Waals surface area contributed by atoms with Crippen molar-refractivity contribution in [1.29, 1.82) is 0 Å². The van der Waals surface area contributed by atoms with Gasteiger partial charge in [0.15, 0.2) is 0 Å². The van der Waals surface area contributed by atoms with Crippen LogP contribution in [0.5, 0.6) is 0 Å². The second-order valence-electron chi connectivity index (χ2n) is 3.24. The number of carbonyl (C=O) groups is 1. The molecule has 6 heteroatoms. The van der Waals surface area contributed by atoms with Crippen molar-refractivity contribution in [2.75, 3.05) is 5.73 Å². The molecule has 1 aromatic heterocycles. The molecule has 2 aromatic rings. The first-order valence-electron chi connectivity index (χ1n) is 4.48. The molecule has 0 aliphatic carbocycles. The zero-order valence-corrected chi connectivity index (χ0v) is 10.4. The van der Waals surface area contributed by atoms with Gasteiger partial charge in [0.25, 0.3) is 5.91 Å². The maximum absolute atomic E-state index is 11.3. The molecule has 5 nitrogen and oxygen atoms in total.